The van der Waals surface area contributed by atoms with E-state index in [0.717, 1.165) is 37.8 Å². The van der Waals surface area contributed by atoms with Gasteiger partial charge < -0.3 is 5.73 Å². The summed E-state index contributed by atoms with van der Waals surface area (Å²) in [5, 5.41) is -0.0209. The van der Waals surface area contributed by atoms with Crippen molar-refractivity contribution in [3.05, 3.63) is 77.0 Å². The zero-order valence-electron chi connectivity index (χ0n) is 24.1. The Hall–Kier alpha value is -2.97. The van der Waals surface area contributed by atoms with Crippen LogP contribution in [0.2, 0.25) is 20.4 Å². The molecule has 1 saturated carbocycles. The molecule has 2 aromatic carbocycles. The molecule has 0 unspecified atom stereocenters. The van der Waals surface area contributed by atoms with Crippen molar-refractivity contribution in [2.24, 2.45) is 0 Å². The summed E-state index contributed by atoms with van der Waals surface area (Å²) in [6.45, 7) is 2.32. The number of anilines is 2. The molecule has 3 N–H and O–H groups in total. The molecule has 4 aromatic rings. The highest BCUT2D eigenvalue weighted by atomic mass is 35.5. The first kappa shape index (κ1) is 33.0. The molecule has 17 heteroatoms. The number of hydrogen-bond acceptors (Lipinski definition) is 5. The fourth-order valence-electron chi connectivity index (χ4n) is 5.70. The molecule has 0 saturated heterocycles. The molecule has 246 valence electrons. The Bertz CT molecular complexity index is 2100. The third-order valence-electron chi connectivity index (χ3n) is 8.22. The highest BCUT2D eigenvalue weighted by molar-refractivity contribution is 7.93. The fourth-order valence-corrected chi connectivity index (χ4v) is 8.22. The lowest BCUT2D eigenvalue weighted by Crippen LogP contribution is -2.27. The van der Waals surface area contributed by atoms with Gasteiger partial charge in [-0.2, -0.15) is 0 Å². The van der Waals surface area contributed by atoms with Crippen molar-refractivity contribution in [3.63, 3.8) is 0 Å². The van der Waals surface area contributed by atoms with Gasteiger partial charge in [0.15, 0.2) is 0 Å². The second-order valence-corrected chi connectivity index (χ2v) is 14.9. The van der Waals surface area contributed by atoms with Gasteiger partial charge in [0.25, 0.3) is 11.1 Å². The van der Waals surface area contributed by atoms with Gasteiger partial charge in [-0.1, -0.05) is 46.4 Å². The number of halogens is 6. The molecule has 2 aliphatic heterocycles. The minimum absolute atomic E-state index is 0.0228. The van der Waals surface area contributed by atoms with Crippen molar-refractivity contribution in [1.29, 1.82) is 0 Å². The number of rotatable bonds is 5. The summed E-state index contributed by atoms with van der Waals surface area (Å²) in [5.74, 6) is -1.33. The summed E-state index contributed by atoms with van der Waals surface area (Å²) in [5.41, 5.74) is 5.46. The van der Waals surface area contributed by atoms with Crippen molar-refractivity contribution < 1.29 is 17.2 Å². The Morgan fingerprint density at radius 3 is 1.59 bits per heavy atom. The first-order valence-electron chi connectivity index (χ1n) is 14.5. The normalized spacial score (nSPS) is 16.0. The Kier molecular flexibility index (Phi) is 9.00. The molecular weight excluding hydrogens is 708 g/mol. The van der Waals surface area contributed by atoms with Crippen LogP contribution in [0.1, 0.15) is 38.5 Å². The molecule has 0 amide bonds. The monoisotopic (exact) mass is 734 g/mol. The predicted molar refractivity (Wildman–Crippen MR) is 177 cm³/mol. The van der Waals surface area contributed by atoms with Gasteiger partial charge in [-0.05, 0) is 62.8 Å². The van der Waals surface area contributed by atoms with Gasteiger partial charge in [0.2, 0.25) is 10.0 Å². The molecule has 3 aliphatic rings. The quantitative estimate of drug-likeness (QED) is 0.224. The molecule has 10 nitrogen and oxygen atoms in total. The fraction of sp³-hybridized carbons (Fsp3) is 0.379. The molecule has 1 fully saturated rings. The van der Waals surface area contributed by atoms with Gasteiger partial charge in [-0.25, -0.2) is 26.6 Å². The smallest absolute Gasteiger partial charge is 0.276 e. The number of nitrogens with one attached hydrogen (secondary N) is 1. The summed E-state index contributed by atoms with van der Waals surface area (Å²) < 4.78 is 61.8. The summed E-state index contributed by atoms with van der Waals surface area (Å²) in [4.78, 5) is 25.1. The number of fused-ring (bicyclic) bond motifs is 2. The second-order valence-electron chi connectivity index (χ2n) is 11.4. The van der Waals surface area contributed by atoms with Crippen molar-refractivity contribution >= 4 is 67.8 Å². The SMILES string of the molecule is Nc1cc(-c2c(Cl)n3n(c2=O)CCCC3)c(F)cc1Cl.O=c1c(-c2cc(NS(=O)(=O)C3CC3)c(Cl)cc2F)c(Cl)n2n1CCCC2. The van der Waals surface area contributed by atoms with Gasteiger partial charge in [-0.15, -0.1) is 0 Å². The number of nitrogens with zero attached hydrogens (tertiary/aromatic N) is 4. The summed E-state index contributed by atoms with van der Waals surface area (Å²) in [6, 6.07) is 4.70. The van der Waals surface area contributed by atoms with Crippen molar-refractivity contribution in [1.82, 2.24) is 18.7 Å². The molecule has 2 aromatic heterocycles. The molecule has 0 bridgehead atoms. The van der Waals surface area contributed by atoms with Gasteiger partial charge in [0.1, 0.15) is 21.9 Å². The number of hydrogen-bond donors (Lipinski definition) is 2. The van der Waals surface area contributed by atoms with Gasteiger partial charge in [0.05, 0.1) is 37.8 Å². The van der Waals surface area contributed by atoms with Crippen LogP contribution in [0.5, 0.6) is 0 Å². The molecule has 0 atom stereocenters. The predicted octanol–water partition coefficient (Wildman–Crippen LogP) is 6.60. The van der Waals surface area contributed by atoms with Crippen LogP contribution < -0.4 is 21.6 Å². The van der Waals surface area contributed by atoms with E-state index in [-0.39, 0.29) is 59.5 Å². The lowest BCUT2D eigenvalue weighted by atomic mass is 10.1. The Labute approximate surface area is 282 Å². The van der Waals surface area contributed by atoms with E-state index in [1.54, 1.807) is 14.0 Å². The first-order valence-corrected chi connectivity index (χ1v) is 17.6. The molecule has 7 rings (SSSR count). The average Bonchev–Trinajstić information content (AvgIpc) is 3.82. The highest BCUT2D eigenvalue weighted by Crippen LogP contribution is 2.37. The van der Waals surface area contributed by atoms with E-state index in [0.29, 0.717) is 39.0 Å². The zero-order chi connectivity index (χ0) is 33.1. The standard InChI is InChI=1S/C16H16Cl2FN3O3S.C13H12Cl2FN3O/c17-11-8-12(19)10(7-13(11)20-26(24,25)9-3-4-9)14-15(18)21-5-1-2-6-22(21)16(14)23;14-8-6-9(16)7(5-10(8)17)11-12(15)18-3-1-2-4-19(18)13(11)20/h7-9,20H,1-6H2;5-6H,1-4,17H2. The third-order valence-corrected chi connectivity index (χ3v) is 11.5. The molecule has 0 radical (unpaired) electrons. The molecule has 46 heavy (non-hydrogen) atoms. The molecule has 0 spiro atoms. The molecule has 4 heterocycles. The molecular formula is C29H28Cl4F2N6O4S. The summed E-state index contributed by atoms with van der Waals surface area (Å²) >= 11 is 24.4. The van der Waals surface area contributed by atoms with E-state index in [9.17, 15) is 26.8 Å². The van der Waals surface area contributed by atoms with E-state index in [4.69, 9.17) is 52.1 Å². The maximum Gasteiger partial charge on any atom is 0.276 e. The van der Waals surface area contributed by atoms with Gasteiger partial charge in [0, 0.05) is 37.3 Å². The van der Waals surface area contributed by atoms with Crippen molar-refractivity contribution in [2.45, 2.75) is 70.0 Å². The van der Waals surface area contributed by atoms with Crippen LogP contribution in [-0.2, 0) is 36.2 Å². The van der Waals surface area contributed by atoms with Crippen LogP contribution in [0, 0.1) is 11.6 Å². The Morgan fingerprint density at radius 2 is 1.13 bits per heavy atom. The van der Waals surface area contributed by atoms with E-state index in [1.165, 1.54) is 16.8 Å². The number of nitrogens with two attached hydrogens (primary N) is 1. The van der Waals surface area contributed by atoms with E-state index >= 15 is 0 Å². The lowest BCUT2D eigenvalue weighted by molar-refractivity contribution is 0.356. The summed E-state index contributed by atoms with van der Waals surface area (Å²) in [6.07, 6.45) is 4.74. The number of aromatic nitrogens is 4. The van der Waals surface area contributed by atoms with E-state index < -0.39 is 32.5 Å². The number of nitrogen functional groups attached to an aromatic ring is 1. The van der Waals surface area contributed by atoms with Crippen LogP contribution in [0.3, 0.4) is 0 Å². The lowest BCUT2D eigenvalue weighted by Gasteiger charge is -2.17. The van der Waals surface area contributed by atoms with E-state index in [2.05, 4.69) is 4.72 Å². The zero-order valence-corrected chi connectivity index (χ0v) is 28.0. The number of benzene rings is 2. The Morgan fingerprint density at radius 1 is 0.696 bits per heavy atom. The molecule has 1 aliphatic carbocycles. The minimum atomic E-state index is -3.58. The largest absolute Gasteiger partial charge is 0.398 e. The van der Waals surface area contributed by atoms with Crippen LogP contribution in [0.15, 0.2) is 33.9 Å². The van der Waals surface area contributed by atoms with E-state index in [1.807, 2.05) is 0 Å². The average molecular weight is 736 g/mol. The minimum Gasteiger partial charge on any atom is -0.398 e. The first-order chi connectivity index (χ1) is 21.8. The maximum atomic E-state index is 14.6. The van der Waals surface area contributed by atoms with Crippen LogP contribution in [0.25, 0.3) is 22.3 Å². The summed E-state index contributed by atoms with van der Waals surface area (Å²) in [7, 11) is -3.58. The second kappa shape index (κ2) is 12.6. The highest BCUT2D eigenvalue weighted by Gasteiger charge is 2.36. The van der Waals surface area contributed by atoms with Crippen LogP contribution >= 0.6 is 46.4 Å². The maximum absolute atomic E-state index is 14.6. The topological polar surface area (TPSA) is 126 Å². The van der Waals surface area contributed by atoms with Crippen molar-refractivity contribution in [3.8, 4) is 22.3 Å². The van der Waals surface area contributed by atoms with Crippen LogP contribution in [0.4, 0.5) is 20.2 Å². The van der Waals surface area contributed by atoms with Gasteiger partial charge in [-0.3, -0.25) is 23.7 Å². The number of sulfonamides is 1. The Balaban J connectivity index is 0.000000167. The van der Waals surface area contributed by atoms with Gasteiger partial charge >= 0.3 is 0 Å². The van der Waals surface area contributed by atoms with Crippen molar-refractivity contribution in [2.75, 3.05) is 10.5 Å². The third kappa shape index (κ3) is 5.96. The van der Waals surface area contributed by atoms with Crippen LogP contribution in [-0.4, -0.2) is 32.4 Å².